The molecule has 1 aliphatic heterocycles. The minimum atomic E-state index is -5.02. The second-order valence-corrected chi connectivity index (χ2v) is 5.67. The van der Waals surface area contributed by atoms with Crippen LogP contribution in [0.2, 0.25) is 0 Å². The van der Waals surface area contributed by atoms with Gasteiger partial charge in [0.25, 0.3) is 5.79 Å². The molecular formula is C15H18F3NO4. The Kier molecular flexibility index (Phi) is 4.86. The first-order valence-electron chi connectivity index (χ1n) is 7.07. The zero-order chi connectivity index (χ0) is 17.3. The fourth-order valence-electron chi connectivity index (χ4n) is 2.57. The molecule has 1 amide bonds. The van der Waals surface area contributed by atoms with Gasteiger partial charge >= 0.3 is 12.3 Å². The monoisotopic (exact) mass is 333 g/mol. The molecule has 8 heteroatoms. The van der Waals surface area contributed by atoms with Gasteiger partial charge in [-0.25, -0.2) is 4.79 Å². The van der Waals surface area contributed by atoms with E-state index in [0.717, 1.165) is 4.90 Å². The van der Waals surface area contributed by atoms with Crippen LogP contribution in [-0.2, 0) is 16.1 Å². The first-order chi connectivity index (χ1) is 10.7. The van der Waals surface area contributed by atoms with E-state index in [2.05, 4.69) is 4.74 Å². The van der Waals surface area contributed by atoms with E-state index in [1.54, 1.807) is 30.3 Å². The summed E-state index contributed by atoms with van der Waals surface area (Å²) in [4.78, 5) is 12.9. The summed E-state index contributed by atoms with van der Waals surface area (Å²) < 4.78 is 48.8. The predicted octanol–water partition coefficient (Wildman–Crippen LogP) is 2.89. The Bertz CT molecular complexity index is 549. The van der Waals surface area contributed by atoms with Gasteiger partial charge in [0.2, 0.25) is 0 Å². The highest BCUT2D eigenvalue weighted by atomic mass is 19.4. The van der Waals surface area contributed by atoms with Gasteiger partial charge < -0.3 is 14.6 Å². The highest BCUT2D eigenvalue weighted by molar-refractivity contribution is 5.68. The molecule has 0 spiro atoms. The van der Waals surface area contributed by atoms with E-state index < -0.39 is 36.7 Å². The molecular weight excluding hydrogens is 315 g/mol. The fourth-order valence-corrected chi connectivity index (χ4v) is 2.57. The van der Waals surface area contributed by atoms with E-state index in [0.29, 0.717) is 5.56 Å². The van der Waals surface area contributed by atoms with Crippen LogP contribution in [0.25, 0.3) is 0 Å². The Morgan fingerprint density at radius 1 is 1.43 bits per heavy atom. The Hall–Kier alpha value is -1.80. The van der Waals surface area contributed by atoms with Gasteiger partial charge in [-0.15, -0.1) is 0 Å². The zero-order valence-corrected chi connectivity index (χ0v) is 12.7. The second-order valence-electron chi connectivity index (χ2n) is 5.67. The van der Waals surface area contributed by atoms with E-state index in [4.69, 9.17) is 4.74 Å². The van der Waals surface area contributed by atoms with Crippen LogP contribution in [-0.4, -0.2) is 40.8 Å². The van der Waals surface area contributed by atoms with Crippen LogP contribution in [0.4, 0.5) is 18.0 Å². The number of halogens is 3. The minimum absolute atomic E-state index is 0.0779. The Labute approximate surface area is 131 Å². The van der Waals surface area contributed by atoms with Crippen LogP contribution in [0.5, 0.6) is 0 Å². The van der Waals surface area contributed by atoms with Gasteiger partial charge in [-0.3, -0.25) is 4.90 Å². The van der Waals surface area contributed by atoms with E-state index >= 15 is 0 Å². The minimum Gasteiger partial charge on any atom is -0.444 e. The average Bonchev–Trinajstić information content (AvgIpc) is 2.85. The SMILES string of the molecule is CC(C)C1N(C(=O)OCc2ccccc2)COC1(O)C(F)(F)F. The number of hydrogen-bond acceptors (Lipinski definition) is 4. The lowest BCUT2D eigenvalue weighted by molar-refractivity contribution is -0.357. The normalized spacial score (nSPS) is 25.0. The van der Waals surface area contributed by atoms with Crippen LogP contribution in [0.15, 0.2) is 30.3 Å². The van der Waals surface area contributed by atoms with E-state index in [-0.39, 0.29) is 6.61 Å². The maximum atomic E-state index is 13.1. The molecule has 1 aliphatic rings. The summed E-state index contributed by atoms with van der Waals surface area (Å²) in [6.45, 7) is 2.17. The molecule has 0 aliphatic carbocycles. The molecule has 2 atom stereocenters. The average molecular weight is 333 g/mol. The van der Waals surface area contributed by atoms with Gasteiger partial charge in [0.15, 0.2) is 0 Å². The number of ether oxygens (including phenoxy) is 2. The summed E-state index contributed by atoms with van der Waals surface area (Å²) in [7, 11) is 0. The quantitative estimate of drug-likeness (QED) is 0.924. The van der Waals surface area contributed by atoms with Gasteiger partial charge in [0.05, 0.1) is 0 Å². The lowest BCUT2D eigenvalue weighted by Crippen LogP contribution is -2.58. The summed E-state index contributed by atoms with van der Waals surface area (Å²) in [6.07, 6.45) is -5.98. The zero-order valence-electron chi connectivity index (χ0n) is 12.7. The Morgan fingerprint density at radius 3 is 2.57 bits per heavy atom. The number of nitrogens with zero attached hydrogens (tertiary/aromatic N) is 1. The van der Waals surface area contributed by atoms with Crippen LogP contribution in [0.3, 0.4) is 0 Å². The topological polar surface area (TPSA) is 59.0 Å². The van der Waals surface area contributed by atoms with Crippen molar-refractivity contribution >= 4 is 6.09 Å². The molecule has 1 fully saturated rings. The second kappa shape index (κ2) is 6.37. The van der Waals surface area contributed by atoms with Crippen molar-refractivity contribution in [2.75, 3.05) is 6.73 Å². The third-order valence-electron chi connectivity index (χ3n) is 3.64. The molecule has 2 rings (SSSR count). The number of alkyl halides is 3. The maximum Gasteiger partial charge on any atom is 0.445 e. The van der Waals surface area contributed by atoms with Crippen molar-refractivity contribution in [2.24, 2.45) is 5.92 Å². The molecule has 1 heterocycles. The highest BCUT2D eigenvalue weighted by Gasteiger charge is 2.67. The Morgan fingerprint density at radius 2 is 2.04 bits per heavy atom. The third-order valence-corrected chi connectivity index (χ3v) is 3.64. The smallest absolute Gasteiger partial charge is 0.444 e. The van der Waals surface area contributed by atoms with Crippen molar-refractivity contribution in [3.8, 4) is 0 Å². The molecule has 0 bridgehead atoms. The first kappa shape index (κ1) is 17.6. The standard InChI is InChI=1S/C15H18F3NO4/c1-10(2)12-14(21,15(16,17)18)23-9-19(12)13(20)22-8-11-6-4-3-5-7-11/h3-7,10,12,21H,8-9H2,1-2H3. The largest absolute Gasteiger partial charge is 0.445 e. The summed E-state index contributed by atoms with van der Waals surface area (Å²) in [5.41, 5.74) is 0.702. The first-order valence-corrected chi connectivity index (χ1v) is 7.07. The fraction of sp³-hybridized carbons (Fsp3) is 0.533. The number of benzene rings is 1. The molecule has 2 unspecified atom stereocenters. The summed E-state index contributed by atoms with van der Waals surface area (Å²) in [5.74, 6) is -4.08. The Balaban J connectivity index is 2.11. The van der Waals surface area contributed by atoms with E-state index in [1.165, 1.54) is 13.8 Å². The van der Waals surface area contributed by atoms with E-state index in [9.17, 15) is 23.1 Å². The van der Waals surface area contributed by atoms with Crippen molar-refractivity contribution < 1.29 is 32.5 Å². The highest BCUT2D eigenvalue weighted by Crippen LogP contribution is 2.43. The van der Waals surface area contributed by atoms with Gasteiger partial charge in [-0.05, 0) is 11.5 Å². The van der Waals surface area contributed by atoms with Crippen LogP contribution in [0, 0.1) is 5.92 Å². The van der Waals surface area contributed by atoms with Crippen LogP contribution >= 0.6 is 0 Å². The van der Waals surface area contributed by atoms with Crippen LogP contribution in [0.1, 0.15) is 19.4 Å². The van der Waals surface area contributed by atoms with E-state index in [1.807, 2.05) is 0 Å². The molecule has 23 heavy (non-hydrogen) atoms. The number of hydrogen-bond donors (Lipinski definition) is 1. The lowest BCUT2D eigenvalue weighted by Gasteiger charge is -2.34. The van der Waals surface area contributed by atoms with Crippen molar-refractivity contribution in [1.82, 2.24) is 4.90 Å². The van der Waals surface area contributed by atoms with Crippen molar-refractivity contribution in [1.29, 1.82) is 0 Å². The van der Waals surface area contributed by atoms with Crippen molar-refractivity contribution in [2.45, 2.75) is 38.5 Å². The molecule has 1 aromatic carbocycles. The lowest BCUT2D eigenvalue weighted by atomic mass is 9.94. The predicted molar refractivity (Wildman–Crippen MR) is 74.0 cm³/mol. The summed E-state index contributed by atoms with van der Waals surface area (Å²) in [5, 5.41) is 9.87. The van der Waals surface area contributed by atoms with Crippen molar-refractivity contribution in [3.63, 3.8) is 0 Å². The van der Waals surface area contributed by atoms with Crippen LogP contribution < -0.4 is 0 Å². The summed E-state index contributed by atoms with van der Waals surface area (Å²) >= 11 is 0. The number of carbonyl (C=O) groups is 1. The number of amides is 1. The molecule has 0 aromatic heterocycles. The molecule has 1 saturated heterocycles. The number of rotatable bonds is 3. The third kappa shape index (κ3) is 3.42. The molecule has 1 aromatic rings. The number of aliphatic hydroxyl groups is 1. The van der Waals surface area contributed by atoms with Gasteiger partial charge in [-0.1, -0.05) is 44.2 Å². The van der Waals surface area contributed by atoms with Gasteiger partial charge in [-0.2, -0.15) is 13.2 Å². The molecule has 0 radical (unpaired) electrons. The maximum absolute atomic E-state index is 13.1. The van der Waals surface area contributed by atoms with Gasteiger partial charge in [0.1, 0.15) is 19.4 Å². The number of carbonyl (C=O) groups excluding carboxylic acids is 1. The van der Waals surface area contributed by atoms with Crippen molar-refractivity contribution in [3.05, 3.63) is 35.9 Å². The summed E-state index contributed by atoms with van der Waals surface area (Å²) in [6, 6.07) is 7.16. The molecule has 128 valence electrons. The molecule has 0 saturated carbocycles. The van der Waals surface area contributed by atoms with Gasteiger partial charge in [0, 0.05) is 0 Å². The molecule has 5 nitrogen and oxygen atoms in total. The molecule has 1 N–H and O–H groups in total.